The number of rotatable bonds is 9. The predicted octanol–water partition coefficient (Wildman–Crippen LogP) is 5.30. The number of hydrogen-bond donors (Lipinski definition) is 1. The van der Waals surface area contributed by atoms with Crippen LogP contribution in [0.5, 0.6) is 5.75 Å². The van der Waals surface area contributed by atoms with Crippen LogP contribution in [0.1, 0.15) is 27.2 Å². The number of benzene rings is 2. The summed E-state index contributed by atoms with van der Waals surface area (Å²) in [5.74, 6) is -2.55. The average Bonchev–Trinajstić information content (AvgIpc) is 3.66. The largest absolute Gasteiger partial charge is 0.486 e. The first-order valence-electron chi connectivity index (χ1n) is 11.1. The number of carbonyl (C=O) groups excluding carboxylic acids is 1. The van der Waals surface area contributed by atoms with Crippen molar-refractivity contribution >= 4 is 44.6 Å². The second kappa shape index (κ2) is 10.6. The van der Waals surface area contributed by atoms with E-state index in [4.69, 9.17) is 9.26 Å². The number of ether oxygens (including phenoxy) is 1. The molecule has 13 heteroatoms. The van der Waals surface area contributed by atoms with Crippen molar-refractivity contribution in [1.29, 1.82) is 0 Å². The number of carboxylic acid groups (broad SMARTS) is 1. The van der Waals surface area contributed by atoms with Gasteiger partial charge in [0, 0.05) is 28.0 Å². The molecule has 3 heterocycles. The van der Waals surface area contributed by atoms with E-state index in [9.17, 15) is 23.5 Å². The summed E-state index contributed by atoms with van der Waals surface area (Å²) >= 11 is 2.53. The zero-order chi connectivity index (χ0) is 26.8. The van der Waals surface area contributed by atoms with E-state index in [1.165, 1.54) is 34.1 Å². The van der Waals surface area contributed by atoms with Gasteiger partial charge in [0.2, 0.25) is 5.89 Å². The average molecular weight is 557 g/mol. The minimum atomic E-state index is -1.19. The first-order chi connectivity index (χ1) is 18.3. The summed E-state index contributed by atoms with van der Waals surface area (Å²) in [4.78, 5) is 33.5. The van der Waals surface area contributed by atoms with Gasteiger partial charge in [-0.15, -0.1) is 22.7 Å². The summed E-state index contributed by atoms with van der Waals surface area (Å²) in [6, 6.07) is 9.66. The van der Waals surface area contributed by atoms with Crippen LogP contribution in [0.25, 0.3) is 21.2 Å². The Morgan fingerprint density at radius 1 is 1.13 bits per heavy atom. The van der Waals surface area contributed by atoms with Crippen molar-refractivity contribution in [2.24, 2.45) is 0 Å². The number of hydrogen-bond acceptors (Lipinski definition) is 9. The lowest BCUT2D eigenvalue weighted by atomic mass is 10.0. The van der Waals surface area contributed by atoms with Gasteiger partial charge in [-0.2, -0.15) is 4.98 Å². The Morgan fingerprint density at radius 3 is 2.63 bits per heavy atom. The second-order valence-corrected chi connectivity index (χ2v) is 9.97. The number of carboxylic acids is 1. The number of fused-ring (bicyclic) bond motifs is 1. The van der Waals surface area contributed by atoms with E-state index < -0.39 is 30.1 Å². The number of nitrogens with zero attached hydrogens (tertiary/aromatic N) is 4. The Bertz CT molecular complexity index is 1630. The molecule has 38 heavy (non-hydrogen) atoms. The lowest BCUT2D eigenvalue weighted by Gasteiger charge is -2.17. The van der Waals surface area contributed by atoms with E-state index in [2.05, 4.69) is 15.1 Å². The number of thiophene rings is 1. The summed E-state index contributed by atoms with van der Waals surface area (Å²) in [6.45, 7) is 0.956. The standard InChI is InChI=1S/C25H18F2N4O5S2/c1-13-28-20(30-36-13)9-31(10-22(32)33)25(34)19-12-38-21(29-19)11-35-15-4-2-14(3-5-15)17-8-18(26)23(27)16-6-7-37-24(16)17/h2-8,12H,9-11H2,1H3,(H,32,33). The van der Waals surface area contributed by atoms with Crippen molar-refractivity contribution in [2.75, 3.05) is 6.54 Å². The molecule has 0 radical (unpaired) electrons. The monoisotopic (exact) mass is 556 g/mol. The Hall–Kier alpha value is -4.23. The molecule has 5 aromatic rings. The molecule has 0 aliphatic heterocycles. The molecule has 0 unspecified atom stereocenters. The molecule has 0 spiro atoms. The number of amides is 1. The highest BCUT2D eigenvalue weighted by Gasteiger charge is 2.23. The van der Waals surface area contributed by atoms with Crippen molar-refractivity contribution in [2.45, 2.75) is 20.1 Å². The topological polar surface area (TPSA) is 119 Å². The van der Waals surface area contributed by atoms with Crippen LogP contribution in [0, 0.1) is 18.6 Å². The molecule has 9 nitrogen and oxygen atoms in total. The number of thiazole rings is 1. The molecule has 2 aromatic carbocycles. The molecule has 1 amide bonds. The molecule has 3 aromatic heterocycles. The van der Waals surface area contributed by atoms with E-state index in [-0.39, 0.29) is 30.1 Å². The van der Waals surface area contributed by atoms with Crippen molar-refractivity contribution in [3.8, 4) is 16.9 Å². The molecule has 0 fully saturated rings. The highest BCUT2D eigenvalue weighted by Crippen LogP contribution is 2.36. The molecular formula is C25H18F2N4O5S2. The van der Waals surface area contributed by atoms with Crippen LogP contribution in [0.3, 0.4) is 0 Å². The lowest BCUT2D eigenvalue weighted by Crippen LogP contribution is -2.35. The summed E-state index contributed by atoms with van der Waals surface area (Å²) in [6.07, 6.45) is 0. The second-order valence-electron chi connectivity index (χ2n) is 8.11. The van der Waals surface area contributed by atoms with Crippen LogP contribution in [0.15, 0.2) is 51.7 Å². The van der Waals surface area contributed by atoms with Gasteiger partial charge in [0.25, 0.3) is 5.91 Å². The van der Waals surface area contributed by atoms with Crippen LogP contribution < -0.4 is 4.74 Å². The third kappa shape index (κ3) is 5.38. The number of aromatic nitrogens is 3. The maximum Gasteiger partial charge on any atom is 0.323 e. The summed E-state index contributed by atoms with van der Waals surface area (Å²) in [7, 11) is 0. The third-order valence-electron chi connectivity index (χ3n) is 5.44. The normalized spacial score (nSPS) is 11.1. The SMILES string of the molecule is Cc1nc(CN(CC(=O)O)C(=O)c2csc(COc3ccc(-c4cc(F)c(F)c5ccsc45)cc3)n2)no1. The number of carbonyl (C=O) groups is 2. The van der Waals surface area contributed by atoms with Crippen molar-refractivity contribution < 1.29 is 32.7 Å². The highest BCUT2D eigenvalue weighted by atomic mass is 32.1. The maximum atomic E-state index is 14.1. The molecule has 0 aliphatic rings. The number of aliphatic carboxylic acids is 1. The van der Waals surface area contributed by atoms with Gasteiger partial charge in [-0.3, -0.25) is 9.59 Å². The van der Waals surface area contributed by atoms with Gasteiger partial charge in [0.15, 0.2) is 17.5 Å². The summed E-state index contributed by atoms with van der Waals surface area (Å²) < 4.78 is 39.4. The fourth-order valence-corrected chi connectivity index (χ4v) is 5.35. The van der Waals surface area contributed by atoms with Gasteiger partial charge in [0.1, 0.15) is 29.6 Å². The van der Waals surface area contributed by atoms with Gasteiger partial charge >= 0.3 is 5.97 Å². The minimum absolute atomic E-state index is 0.0700. The predicted molar refractivity (Wildman–Crippen MR) is 135 cm³/mol. The fourth-order valence-electron chi connectivity index (χ4n) is 3.74. The molecule has 194 valence electrons. The number of halogens is 2. The quantitative estimate of drug-likeness (QED) is 0.260. The first kappa shape index (κ1) is 25.4. The molecule has 0 saturated carbocycles. The molecule has 1 N–H and O–H groups in total. The van der Waals surface area contributed by atoms with Crippen LogP contribution in [-0.4, -0.2) is 43.6 Å². The van der Waals surface area contributed by atoms with Crippen molar-refractivity contribution in [3.63, 3.8) is 0 Å². The molecular weight excluding hydrogens is 538 g/mol. The maximum absolute atomic E-state index is 14.1. The van der Waals surface area contributed by atoms with Gasteiger partial charge in [-0.1, -0.05) is 17.3 Å². The Morgan fingerprint density at radius 2 is 1.92 bits per heavy atom. The Labute approximate surface area is 221 Å². The number of aryl methyl sites for hydroxylation is 1. The van der Waals surface area contributed by atoms with Crippen molar-refractivity contribution in [3.05, 3.63) is 81.2 Å². The van der Waals surface area contributed by atoms with E-state index in [1.54, 1.807) is 42.6 Å². The Balaban J connectivity index is 1.25. The highest BCUT2D eigenvalue weighted by molar-refractivity contribution is 7.17. The van der Waals surface area contributed by atoms with Gasteiger partial charge in [-0.05, 0) is 35.2 Å². The van der Waals surface area contributed by atoms with Gasteiger partial charge < -0.3 is 19.3 Å². The molecule has 0 bridgehead atoms. The van der Waals surface area contributed by atoms with Gasteiger partial charge in [0.05, 0.1) is 6.54 Å². The molecule has 0 atom stereocenters. The Kier molecular flexibility index (Phi) is 7.11. The molecule has 5 rings (SSSR count). The lowest BCUT2D eigenvalue weighted by molar-refractivity contribution is -0.137. The molecule has 0 saturated heterocycles. The van der Waals surface area contributed by atoms with Crippen LogP contribution in [0.4, 0.5) is 8.78 Å². The minimum Gasteiger partial charge on any atom is -0.486 e. The smallest absolute Gasteiger partial charge is 0.323 e. The van der Waals surface area contributed by atoms with E-state index in [1.807, 2.05) is 0 Å². The van der Waals surface area contributed by atoms with Crippen molar-refractivity contribution in [1.82, 2.24) is 20.0 Å². The summed E-state index contributed by atoms with van der Waals surface area (Å²) in [5.41, 5.74) is 1.37. The fraction of sp³-hybridized carbons (Fsp3) is 0.160. The van der Waals surface area contributed by atoms with E-state index in [0.29, 0.717) is 32.5 Å². The van der Waals surface area contributed by atoms with Crippen LogP contribution >= 0.6 is 22.7 Å². The van der Waals surface area contributed by atoms with Crippen LogP contribution in [0.2, 0.25) is 0 Å². The molecule has 0 aliphatic carbocycles. The third-order valence-corrected chi connectivity index (χ3v) is 7.21. The van der Waals surface area contributed by atoms with Crippen LogP contribution in [-0.2, 0) is 17.9 Å². The first-order valence-corrected chi connectivity index (χ1v) is 12.9. The van der Waals surface area contributed by atoms with Gasteiger partial charge in [-0.25, -0.2) is 13.8 Å². The van der Waals surface area contributed by atoms with E-state index >= 15 is 0 Å². The zero-order valence-corrected chi connectivity index (χ0v) is 21.3. The van der Waals surface area contributed by atoms with E-state index in [0.717, 1.165) is 4.90 Å². The zero-order valence-electron chi connectivity index (χ0n) is 19.7. The summed E-state index contributed by atoms with van der Waals surface area (Å²) in [5, 5.41) is 16.9.